The second kappa shape index (κ2) is 4.74. The summed E-state index contributed by atoms with van der Waals surface area (Å²) in [6.45, 7) is 2.35. The number of pyridine rings is 1. The molecule has 104 valence electrons. The van der Waals surface area contributed by atoms with E-state index in [9.17, 15) is 14.0 Å². The summed E-state index contributed by atoms with van der Waals surface area (Å²) < 4.78 is 13.2. The molecule has 0 radical (unpaired) electrons. The standard InChI is InChI=1S/C15H15FN2O2/c1-9-3-2-4-11-14(9)13(19)7-12(17-11)15(20)18-6-5-10(16)8-18/h2-4,7,10H,5-6,8H2,1H3,(H,17,19)/t10-/m1/s1. The number of carbonyl (C=O) groups is 1. The number of benzene rings is 1. The van der Waals surface area contributed by atoms with E-state index in [0.29, 0.717) is 23.9 Å². The molecule has 1 fully saturated rings. The summed E-state index contributed by atoms with van der Waals surface area (Å²) in [5, 5.41) is 0.592. The number of amides is 1. The number of fused-ring (bicyclic) bond motifs is 1. The second-order valence-corrected chi connectivity index (χ2v) is 5.18. The van der Waals surface area contributed by atoms with Gasteiger partial charge in [-0.05, 0) is 25.0 Å². The summed E-state index contributed by atoms with van der Waals surface area (Å²) >= 11 is 0. The predicted octanol–water partition coefficient (Wildman–Crippen LogP) is 2.02. The molecule has 1 aromatic heterocycles. The molecular formula is C15H15FN2O2. The fraction of sp³-hybridized carbons (Fsp3) is 0.333. The maximum Gasteiger partial charge on any atom is 0.270 e. The first kappa shape index (κ1) is 12.8. The number of aromatic nitrogens is 1. The minimum Gasteiger partial charge on any atom is -0.350 e. The third-order valence-electron chi connectivity index (χ3n) is 3.71. The van der Waals surface area contributed by atoms with Crippen molar-refractivity contribution in [3.05, 3.63) is 45.7 Å². The van der Waals surface area contributed by atoms with Gasteiger partial charge in [0, 0.05) is 18.0 Å². The lowest BCUT2D eigenvalue weighted by atomic mass is 10.1. The van der Waals surface area contributed by atoms with E-state index in [1.165, 1.54) is 11.0 Å². The van der Waals surface area contributed by atoms with Crippen molar-refractivity contribution in [2.24, 2.45) is 0 Å². The number of halogens is 1. The molecule has 1 aromatic carbocycles. The maximum atomic E-state index is 13.2. The molecule has 0 spiro atoms. The molecule has 2 aromatic rings. The summed E-state index contributed by atoms with van der Waals surface area (Å²) in [6, 6.07) is 6.76. The molecule has 2 heterocycles. The van der Waals surface area contributed by atoms with E-state index in [-0.39, 0.29) is 23.6 Å². The lowest BCUT2D eigenvalue weighted by Crippen LogP contribution is -2.30. The zero-order chi connectivity index (χ0) is 14.3. The third kappa shape index (κ3) is 2.09. The van der Waals surface area contributed by atoms with E-state index >= 15 is 0 Å². The van der Waals surface area contributed by atoms with Gasteiger partial charge in [0.1, 0.15) is 11.9 Å². The van der Waals surface area contributed by atoms with Gasteiger partial charge in [-0.3, -0.25) is 9.59 Å². The Morgan fingerprint density at radius 2 is 2.25 bits per heavy atom. The highest BCUT2D eigenvalue weighted by atomic mass is 19.1. The van der Waals surface area contributed by atoms with E-state index < -0.39 is 6.17 Å². The van der Waals surface area contributed by atoms with Crippen LogP contribution >= 0.6 is 0 Å². The molecule has 1 amide bonds. The molecule has 4 nitrogen and oxygen atoms in total. The molecule has 0 aliphatic carbocycles. The SMILES string of the molecule is Cc1cccc2[nH]c(C(=O)N3CC[C@@H](F)C3)cc(=O)c12. The first-order valence-electron chi connectivity index (χ1n) is 6.62. The highest BCUT2D eigenvalue weighted by molar-refractivity contribution is 5.95. The van der Waals surface area contributed by atoms with Crippen LogP contribution in [0.15, 0.2) is 29.1 Å². The van der Waals surface area contributed by atoms with Crippen LogP contribution in [0, 0.1) is 6.92 Å². The van der Waals surface area contributed by atoms with Gasteiger partial charge in [-0.1, -0.05) is 12.1 Å². The zero-order valence-electron chi connectivity index (χ0n) is 11.1. The van der Waals surface area contributed by atoms with E-state index in [1.807, 2.05) is 19.1 Å². The van der Waals surface area contributed by atoms with Crippen LogP contribution in [-0.4, -0.2) is 35.1 Å². The van der Waals surface area contributed by atoms with Crippen molar-refractivity contribution >= 4 is 16.8 Å². The van der Waals surface area contributed by atoms with Crippen molar-refractivity contribution in [3.8, 4) is 0 Å². The van der Waals surface area contributed by atoms with Gasteiger partial charge in [-0.2, -0.15) is 0 Å². The van der Waals surface area contributed by atoms with Crippen LogP contribution in [0.2, 0.25) is 0 Å². The van der Waals surface area contributed by atoms with Gasteiger partial charge >= 0.3 is 0 Å². The Bertz CT molecular complexity index is 738. The van der Waals surface area contributed by atoms with Crippen LogP contribution in [0.5, 0.6) is 0 Å². The van der Waals surface area contributed by atoms with E-state index in [0.717, 1.165) is 5.56 Å². The molecule has 20 heavy (non-hydrogen) atoms. The van der Waals surface area contributed by atoms with Gasteiger partial charge < -0.3 is 9.88 Å². The van der Waals surface area contributed by atoms with E-state index in [2.05, 4.69) is 4.98 Å². The molecule has 1 aliphatic heterocycles. The van der Waals surface area contributed by atoms with Crippen LogP contribution < -0.4 is 5.43 Å². The Balaban J connectivity index is 2.05. The van der Waals surface area contributed by atoms with Crippen molar-refractivity contribution in [1.29, 1.82) is 0 Å². The van der Waals surface area contributed by atoms with E-state index in [1.54, 1.807) is 6.07 Å². The van der Waals surface area contributed by atoms with Crippen molar-refractivity contribution in [3.63, 3.8) is 0 Å². The summed E-state index contributed by atoms with van der Waals surface area (Å²) in [4.78, 5) is 28.8. The molecule has 0 bridgehead atoms. The number of H-pyrrole nitrogens is 1. The Morgan fingerprint density at radius 3 is 2.95 bits per heavy atom. The fourth-order valence-corrected chi connectivity index (χ4v) is 2.67. The highest BCUT2D eigenvalue weighted by Gasteiger charge is 2.27. The van der Waals surface area contributed by atoms with Gasteiger partial charge in [-0.25, -0.2) is 4.39 Å². The average molecular weight is 274 g/mol. The molecule has 5 heteroatoms. The number of alkyl halides is 1. The van der Waals surface area contributed by atoms with Gasteiger partial charge in [-0.15, -0.1) is 0 Å². The minimum absolute atomic E-state index is 0.104. The van der Waals surface area contributed by atoms with E-state index in [4.69, 9.17) is 0 Å². The number of aromatic amines is 1. The monoisotopic (exact) mass is 274 g/mol. The van der Waals surface area contributed by atoms with Crippen LogP contribution in [0.1, 0.15) is 22.5 Å². The Hall–Kier alpha value is -2.17. The first-order chi connectivity index (χ1) is 9.56. The van der Waals surface area contributed by atoms with Gasteiger partial charge in [0.05, 0.1) is 12.1 Å². The van der Waals surface area contributed by atoms with Crippen LogP contribution in [0.4, 0.5) is 4.39 Å². The molecule has 3 rings (SSSR count). The molecule has 1 N–H and O–H groups in total. The number of nitrogens with one attached hydrogen (secondary N) is 1. The third-order valence-corrected chi connectivity index (χ3v) is 3.71. The number of hydrogen-bond donors (Lipinski definition) is 1. The Labute approximate surface area is 115 Å². The van der Waals surface area contributed by atoms with Crippen LogP contribution in [-0.2, 0) is 0 Å². The van der Waals surface area contributed by atoms with Crippen molar-refractivity contribution < 1.29 is 9.18 Å². The quantitative estimate of drug-likeness (QED) is 0.865. The number of carbonyl (C=O) groups excluding carboxylic acids is 1. The number of rotatable bonds is 1. The number of aryl methyl sites for hydroxylation is 1. The fourth-order valence-electron chi connectivity index (χ4n) is 2.67. The number of hydrogen-bond acceptors (Lipinski definition) is 2. The first-order valence-corrected chi connectivity index (χ1v) is 6.62. The zero-order valence-corrected chi connectivity index (χ0v) is 11.1. The van der Waals surface area contributed by atoms with Gasteiger partial charge in [0.2, 0.25) is 0 Å². The topological polar surface area (TPSA) is 53.2 Å². The van der Waals surface area contributed by atoms with Crippen molar-refractivity contribution in [2.45, 2.75) is 19.5 Å². The second-order valence-electron chi connectivity index (χ2n) is 5.18. The summed E-state index contributed by atoms with van der Waals surface area (Å²) in [6.07, 6.45) is -0.601. The lowest BCUT2D eigenvalue weighted by molar-refractivity contribution is 0.0777. The summed E-state index contributed by atoms with van der Waals surface area (Å²) in [5.41, 5.74) is 1.54. The van der Waals surface area contributed by atoms with Crippen LogP contribution in [0.3, 0.4) is 0 Å². The molecule has 1 aliphatic rings. The molecule has 1 saturated heterocycles. The average Bonchev–Trinajstić information content (AvgIpc) is 2.84. The van der Waals surface area contributed by atoms with Crippen LogP contribution in [0.25, 0.3) is 10.9 Å². The highest BCUT2D eigenvalue weighted by Crippen LogP contribution is 2.17. The summed E-state index contributed by atoms with van der Waals surface area (Å²) in [7, 11) is 0. The largest absolute Gasteiger partial charge is 0.350 e. The smallest absolute Gasteiger partial charge is 0.270 e. The predicted molar refractivity (Wildman–Crippen MR) is 74.7 cm³/mol. The molecule has 0 saturated carbocycles. The van der Waals surface area contributed by atoms with Gasteiger partial charge in [0.25, 0.3) is 5.91 Å². The Morgan fingerprint density at radius 1 is 1.45 bits per heavy atom. The van der Waals surface area contributed by atoms with Gasteiger partial charge in [0.15, 0.2) is 5.43 Å². The normalized spacial score (nSPS) is 18.7. The molecule has 1 atom stereocenters. The summed E-state index contributed by atoms with van der Waals surface area (Å²) in [5.74, 6) is -0.314. The molecule has 0 unspecified atom stereocenters. The minimum atomic E-state index is -0.964. The Kier molecular flexibility index (Phi) is 3.04. The maximum absolute atomic E-state index is 13.2. The number of likely N-dealkylation sites (tertiary alicyclic amines) is 1. The number of nitrogens with zero attached hydrogens (tertiary/aromatic N) is 1. The lowest BCUT2D eigenvalue weighted by Gasteiger charge is -2.15. The van der Waals surface area contributed by atoms with Crippen molar-refractivity contribution in [2.75, 3.05) is 13.1 Å². The van der Waals surface area contributed by atoms with Crippen molar-refractivity contribution in [1.82, 2.24) is 9.88 Å². The molecular weight excluding hydrogens is 259 g/mol.